The Hall–Kier alpha value is -1.03. The minimum atomic E-state index is 0.119. The summed E-state index contributed by atoms with van der Waals surface area (Å²) in [6.45, 7) is 6.76. The van der Waals surface area contributed by atoms with Crippen molar-refractivity contribution in [2.75, 3.05) is 11.9 Å². The Morgan fingerprint density at radius 2 is 2.31 bits per heavy atom. The van der Waals surface area contributed by atoms with Gasteiger partial charge in [-0.05, 0) is 20.8 Å². The SMILES string of the molecule is Cc1cc(NC(C)C)n(CCO)n1. The first-order valence-corrected chi connectivity index (χ1v) is 4.55. The fraction of sp³-hybridized carbons (Fsp3) is 0.667. The molecule has 1 rings (SSSR count). The molecule has 0 unspecified atom stereocenters. The van der Waals surface area contributed by atoms with E-state index in [-0.39, 0.29) is 6.61 Å². The van der Waals surface area contributed by atoms with Crippen LogP contribution in [0.4, 0.5) is 5.82 Å². The third kappa shape index (κ3) is 2.73. The number of hydrogen-bond acceptors (Lipinski definition) is 3. The minimum Gasteiger partial charge on any atom is -0.394 e. The van der Waals surface area contributed by atoms with Crippen LogP contribution in [0.5, 0.6) is 0 Å². The molecule has 0 aliphatic carbocycles. The van der Waals surface area contributed by atoms with Gasteiger partial charge in [0.1, 0.15) is 5.82 Å². The van der Waals surface area contributed by atoms with E-state index >= 15 is 0 Å². The molecule has 2 N–H and O–H groups in total. The minimum absolute atomic E-state index is 0.119. The second-order valence-corrected chi connectivity index (χ2v) is 3.42. The summed E-state index contributed by atoms with van der Waals surface area (Å²) in [7, 11) is 0. The molecule has 74 valence electrons. The lowest BCUT2D eigenvalue weighted by Crippen LogP contribution is -2.15. The molecule has 1 heterocycles. The number of rotatable bonds is 4. The van der Waals surface area contributed by atoms with E-state index in [1.807, 2.05) is 13.0 Å². The van der Waals surface area contributed by atoms with Crippen molar-refractivity contribution in [2.24, 2.45) is 0 Å². The van der Waals surface area contributed by atoms with Crippen LogP contribution in [0.3, 0.4) is 0 Å². The largest absolute Gasteiger partial charge is 0.394 e. The summed E-state index contributed by atoms with van der Waals surface area (Å²) in [5, 5.41) is 16.3. The molecule has 13 heavy (non-hydrogen) atoms. The quantitative estimate of drug-likeness (QED) is 0.732. The van der Waals surface area contributed by atoms with E-state index < -0.39 is 0 Å². The number of aliphatic hydroxyl groups excluding tert-OH is 1. The van der Waals surface area contributed by atoms with Crippen LogP contribution in [-0.2, 0) is 6.54 Å². The Kier molecular flexibility index (Phi) is 3.31. The number of nitrogens with zero attached hydrogens (tertiary/aromatic N) is 2. The highest BCUT2D eigenvalue weighted by Crippen LogP contribution is 2.10. The lowest BCUT2D eigenvalue weighted by Gasteiger charge is -2.11. The first-order valence-electron chi connectivity index (χ1n) is 4.55. The van der Waals surface area contributed by atoms with E-state index in [4.69, 9.17) is 5.11 Å². The molecule has 0 amide bonds. The van der Waals surface area contributed by atoms with Gasteiger partial charge in [0.05, 0.1) is 18.8 Å². The lowest BCUT2D eigenvalue weighted by molar-refractivity contribution is 0.270. The Morgan fingerprint density at radius 1 is 1.62 bits per heavy atom. The van der Waals surface area contributed by atoms with Crippen molar-refractivity contribution in [3.05, 3.63) is 11.8 Å². The van der Waals surface area contributed by atoms with Crippen molar-refractivity contribution in [3.8, 4) is 0 Å². The normalized spacial score (nSPS) is 10.8. The van der Waals surface area contributed by atoms with Gasteiger partial charge in [-0.15, -0.1) is 0 Å². The van der Waals surface area contributed by atoms with Gasteiger partial charge in [-0.1, -0.05) is 0 Å². The summed E-state index contributed by atoms with van der Waals surface area (Å²) in [6.07, 6.45) is 0. The highest BCUT2D eigenvalue weighted by Gasteiger charge is 2.04. The van der Waals surface area contributed by atoms with Crippen LogP contribution in [0.1, 0.15) is 19.5 Å². The molecule has 0 aliphatic heterocycles. The molecular weight excluding hydrogens is 166 g/mol. The third-order valence-corrected chi connectivity index (χ3v) is 1.65. The van der Waals surface area contributed by atoms with Gasteiger partial charge in [0, 0.05) is 12.1 Å². The summed E-state index contributed by atoms with van der Waals surface area (Å²) in [5.74, 6) is 0.974. The van der Waals surface area contributed by atoms with Crippen molar-refractivity contribution in [3.63, 3.8) is 0 Å². The third-order valence-electron chi connectivity index (χ3n) is 1.65. The maximum absolute atomic E-state index is 8.80. The van der Waals surface area contributed by atoms with Crippen LogP contribution in [0.2, 0.25) is 0 Å². The monoisotopic (exact) mass is 183 g/mol. The van der Waals surface area contributed by atoms with Crippen LogP contribution in [-0.4, -0.2) is 27.5 Å². The Labute approximate surface area is 78.6 Å². The average Bonchev–Trinajstić information content (AvgIpc) is 2.31. The predicted molar refractivity (Wildman–Crippen MR) is 52.8 cm³/mol. The zero-order chi connectivity index (χ0) is 9.84. The highest BCUT2D eigenvalue weighted by atomic mass is 16.3. The number of aliphatic hydroxyl groups is 1. The Bertz CT molecular complexity index is 268. The van der Waals surface area contributed by atoms with E-state index in [0.29, 0.717) is 12.6 Å². The highest BCUT2D eigenvalue weighted by molar-refractivity contribution is 5.37. The van der Waals surface area contributed by atoms with Crippen molar-refractivity contribution in [2.45, 2.75) is 33.4 Å². The molecular formula is C9H17N3O. The van der Waals surface area contributed by atoms with Crippen molar-refractivity contribution in [1.29, 1.82) is 0 Å². The fourth-order valence-corrected chi connectivity index (χ4v) is 1.22. The van der Waals surface area contributed by atoms with E-state index in [1.54, 1.807) is 4.68 Å². The van der Waals surface area contributed by atoms with E-state index in [0.717, 1.165) is 11.5 Å². The number of anilines is 1. The van der Waals surface area contributed by atoms with Gasteiger partial charge in [0.2, 0.25) is 0 Å². The molecule has 0 aromatic carbocycles. The Balaban J connectivity index is 2.77. The van der Waals surface area contributed by atoms with Crippen LogP contribution in [0, 0.1) is 6.92 Å². The van der Waals surface area contributed by atoms with Crippen molar-refractivity contribution in [1.82, 2.24) is 9.78 Å². The van der Waals surface area contributed by atoms with Gasteiger partial charge in [-0.25, -0.2) is 4.68 Å². The maximum atomic E-state index is 8.80. The molecule has 1 aromatic heterocycles. The predicted octanol–water partition coefficient (Wildman–Crippen LogP) is 1.00. The van der Waals surface area contributed by atoms with Crippen LogP contribution in [0.15, 0.2) is 6.07 Å². The van der Waals surface area contributed by atoms with Crippen LogP contribution >= 0.6 is 0 Å². The second-order valence-electron chi connectivity index (χ2n) is 3.42. The number of aromatic nitrogens is 2. The summed E-state index contributed by atoms with van der Waals surface area (Å²) >= 11 is 0. The molecule has 0 fully saturated rings. The van der Waals surface area contributed by atoms with Gasteiger partial charge in [-0.3, -0.25) is 0 Å². The maximum Gasteiger partial charge on any atom is 0.124 e. The first-order chi connectivity index (χ1) is 6.13. The number of nitrogens with one attached hydrogen (secondary N) is 1. The van der Waals surface area contributed by atoms with Gasteiger partial charge in [0.25, 0.3) is 0 Å². The summed E-state index contributed by atoms with van der Waals surface area (Å²) in [6, 6.07) is 2.36. The molecule has 0 atom stereocenters. The topological polar surface area (TPSA) is 50.1 Å². The van der Waals surface area contributed by atoms with Gasteiger partial charge in [0.15, 0.2) is 0 Å². The standard InChI is InChI=1S/C9H17N3O/c1-7(2)10-9-6-8(3)11-12(9)4-5-13/h6-7,10,13H,4-5H2,1-3H3. The van der Waals surface area contributed by atoms with Gasteiger partial charge in [-0.2, -0.15) is 5.10 Å². The first kappa shape index (κ1) is 10.1. The van der Waals surface area contributed by atoms with Crippen molar-refractivity contribution < 1.29 is 5.11 Å². The molecule has 0 saturated heterocycles. The summed E-state index contributed by atoms with van der Waals surface area (Å²) < 4.78 is 1.79. The molecule has 4 nitrogen and oxygen atoms in total. The van der Waals surface area contributed by atoms with E-state index in [9.17, 15) is 0 Å². The van der Waals surface area contributed by atoms with Crippen LogP contribution in [0.25, 0.3) is 0 Å². The smallest absolute Gasteiger partial charge is 0.124 e. The van der Waals surface area contributed by atoms with Crippen molar-refractivity contribution >= 4 is 5.82 Å². The number of aryl methyl sites for hydroxylation is 1. The van der Waals surface area contributed by atoms with E-state index in [2.05, 4.69) is 24.3 Å². The molecule has 1 aromatic rings. The van der Waals surface area contributed by atoms with Crippen LogP contribution < -0.4 is 5.32 Å². The van der Waals surface area contributed by atoms with Gasteiger partial charge >= 0.3 is 0 Å². The average molecular weight is 183 g/mol. The molecule has 0 aliphatic rings. The molecule has 0 spiro atoms. The van der Waals surface area contributed by atoms with Gasteiger partial charge < -0.3 is 10.4 Å². The van der Waals surface area contributed by atoms with E-state index in [1.165, 1.54) is 0 Å². The zero-order valence-corrected chi connectivity index (χ0v) is 8.41. The fourth-order valence-electron chi connectivity index (χ4n) is 1.22. The molecule has 0 saturated carbocycles. The number of hydrogen-bond donors (Lipinski definition) is 2. The summed E-state index contributed by atoms with van der Waals surface area (Å²) in [5.41, 5.74) is 0.969. The molecule has 4 heteroatoms. The Morgan fingerprint density at radius 3 is 2.85 bits per heavy atom. The zero-order valence-electron chi connectivity index (χ0n) is 8.41. The second kappa shape index (κ2) is 4.28. The lowest BCUT2D eigenvalue weighted by atomic mass is 10.4. The summed E-state index contributed by atoms with van der Waals surface area (Å²) in [4.78, 5) is 0. The molecule has 0 radical (unpaired) electrons. The molecule has 0 bridgehead atoms.